The third kappa shape index (κ3) is 5.83. The van der Waals surface area contributed by atoms with Crippen LogP contribution in [0.2, 0.25) is 5.02 Å². The molecule has 1 aliphatic heterocycles. The fourth-order valence-electron chi connectivity index (χ4n) is 2.44. The van der Waals surface area contributed by atoms with Crippen LogP contribution in [0.1, 0.15) is 12.0 Å². The molecule has 2 amide bonds. The number of hydrogen-bond acceptors (Lipinski definition) is 6. The molecule has 1 saturated heterocycles. The fraction of sp³-hybridized carbons (Fsp3) is 0.158. The van der Waals surface area contributed by atoms with Gasteiger partial charge in [0.2, 0.25) is 10.0 Å². The number of rotatable bonds is 8. The van der Waals surface area contributed by atoms with Gasteiger partial charge in [-0.2, -0.15) is 0 Å². The molecule has 0 unspecified atom stereocenters. The Bertz CT molecular complexity index is 1050. The lowest BCUT2D eigenvalue weighted by Gasteiger charge is -2.09. The molecule has 2 aromatic rings. The van der Waals surface area contributed by atoms with Crippen LogP contribution in [-0.2, 0) is 14.8 Å². The smallest absolute Gasteiger partial charge is 0.290 e. The van der Waals surface area contributed by atoms with Gasteiger partial charge in [0.25, 0.3) is 11.1 Å². The molecule has 152 valence electrons. The molecule has 2 N–H and O–H groups in total. The normalized spacial score (nSPS) is 15.6. The number of imide groups is 1. The molecule has 1 heterocycles. The van der Waals surface area contributed by atoms with Crippen LogP contribution in [0.3, 0.4) is 0 Å². The molecule has 10 heteroatoms. The number of carbonyl (C=O) groups excluding carboxylic acids is 2. The number of benzene rings is 2. The van der Waals surface area contributed by atoms with E-state index in [1.54, 1.807) is 42.5 Å². The lowest BCUT2D eigenvalue weighted by molar-refractivity contribution is -0.115. The number of ether oxygens (including phenoxy) is 1. The van der Waals surface area contributed by atoms with E-state index in [2.05, 4.69) is 10.0 Å². The molecule has 7 nitrogen and oxygen atoms in total. The molecule has 1 fully saturated rings. The zero-order valence-electron chi connectivity index (χ0n) is 15.1. The van der Waals surface area contributed by atoms with Crippen LogP contribution in [0, 0.1) is 0 Å². The molecule has 0 atom stereocenters. The highest BCUT2D eigenvalue weighted by molar-refractivity contribution is 8.18. The predicted molar refractivity (Wildman–Crippen MR) is 112 cm³/mol. The van der Waals surface area contributed by atoms with E-state index in [9.17, 15) is 18.0 Å². The van der Waals surface area contributed by atoms with Gasteiger partial charge in [0.05, 0.1) is 16.5 Å². The SMILES string of the molecule is O=C1NC(=O)/C(=C/c2ccc(OCCCNS(=O)(=O)c3ccccc3Cl)cc2)S1. The van der Waals surface area contributed by atoms with Gasteiger partial charge in [-0.1, -0.05) is 35.9 Å². The quantitative estimate of drug-likeness (QED) is 0.470. The Morgan fingerprint density at radius 1 is 1.10 bits per heavy atom. The van der Waals surface area contributed by atoms with E-state index < -0.39 is 15.9 Å². The third-order valence-corrected chi connectivity index (χ3v) is 6.60. The standard InChI is InChI=1S/C19H17ClN2O5S2/c20-15-4-1-2-5-17(15)29(25,26)21-10-3-11-27-14-8-6-13(7-9-14)12-16-18(23)22-19(24)28-16/h1-2,4-9,12,21H,3,10-11H2,(H,22,23,24)/b16-12-. The van der Waals surface area contributed by atoms with Crippen LogP contribution in [0.5, 0.6) is 5.75 Å². The Hall–Kier alpha value is -2.33. The summed E-state index contributed by atoms with van der Waals surface area (Å²) in [5, 5.41) is 1.99. The largest absolute Gasteiger partial charge is 0.494 e. The Balaban J connectivity index is 1.45. The summed E-state index contributed by atoms with van der Waals surface area (Å²) in [6.45, 7) is 0.524. The van der Waals surface area contributed by atoms with Crippen LogP contribution in [0.4, 0.5) is 4.79 Å². The van der Waals surface area contributed by atoms with Crippen molar-refractivity contribution in [2.75, 3.05) is 13.2 Å². The Morgan fingerprint density at radius 3 is 2.48 bits per heavy atom. The Labute approximate surface area is 177 Å². The maximum atomic E-state index is 12.2. The second-order valence-corrected chi connectivity index (χ2v) is 9.11. The van der Waals surface area contributed by atoms with Crippen molar-refractivity contribution in [1.82, 2.24) is 10.0 Å². The zero-order valence-corrected chi connectivity index (χ0v) is 17.4. The molecule has 29 heavy (non-hydrogen) atoms. The molecule has 0 bridgehead atoms. The summed E-state index contributed by atoms with van der Waals surface area (Å²) >= 11 is 6.78. The average Bonchev–Trinajstić information content (AvgIpc) is 3.00. The van der Waals surface area contributed by atoms with Gasteiger partial charge in [0.15, 0.2) is 0 Å². The highest BCUT2D eigenvalue weighted by Gasteiger charge is 2.24. The van der Waals surface area contributed by atoms with Gasteiger partial charge in [-0.25, -0.2) is 13.1 Å². The lowest BCUT2D eigenvalue weighted by atomic mass is 10.2. The molecular weight excluding hydrogens is 436 g/mol. The van der Waals surface area contributed by atoms with Crippen molar-refractivity contribution in [1.29, 1.82) is 0 Å². The summed E-state index contributed by atoms with van der Waals surface area (Å²) in [4.78, 5) is 23.1. The van der Waals surface area contributed by atoms with Crippen molar-refractivity contribution in [3.63, 3.8) is 0 Å². The number of halogens is 1. The molecule has 0 radical (unpaired) electrons. The first-order chi connectivity index (χ1) is 13.8. The first-order valence-electron chi connectivity index (χ1n) is 8.57. The van der Waals surface area contributed by atoms with Crippen LogP contribution < -0.4 is 14.8 Å². The third-order valence-electron chi connectivity index (χ3n) is 3.83. The molecule has 1 aliphatic rings. The predicted octanol–water partition coefficient (Wildman–Crippen LogP) is 3.41. The molecule has 0 aliphatic carbocycles. The Kier molecular flexibility index (Phi) is 6.96. The molecule has 0 aromatic heterocycles. The van der Waals surface area contributed by atoms with Gasteiger partial charge in [-0.3, -0.25) is 14.9 Å². The minimum Gasteiger partial charge on any atom is -0.494 e. The summed E-state index contributed by atoms with van der Waals surface area (Å²) in [7, 11) is -3.66. The van der Waals surface area contributed by atoms with E-state index in [4.69, 9.17) is 16.3 Å². The van der Waals surface area contributed by atoms with Gasteiger partial charge < -0.3 is 4.74 Å². The molecule has 0 spiro atoms. The van der Waals surface area contributed by atoms with Gasteiger partial charge in [-0.05, 0) is 54.1 Å². The van der Waals surface area contributed by atoms with Crippen molar-refractivity contribution >= 4 is 50.6 Å². The van der Waals surface area contributed by atoms with Crippen LogP contribution >= 0.6 is 23.4 Å². The van der Waals surface area contributed by atoms with Crippen LogP contribution in [0.15, 0.2) is 58.3 Å². The molecule has 2 aromatic carbocycles. The second-order valence-electron chi connectivity index (χ2n) is 5.95. The number of thioether (sulfide) groups is 1. The summed E-state index contributed by atoms with van der Waals surface area (Å²) in [5.41, 5.74) is 0.761. The highest BCUT2D eigenvalue weighted by Crippen LogP contribution is 2.26. The van der Waals surface area contributed by atoms with Crippen molar-refractivity contribution in [2.45, 2.75) is 11.3 Å². The first-order valence-corrected chi connectivity index (χ1v) is 11.2. The minimum atomic E-state index is -3.66. The van der Waals surface area contributed by atoms with E-state index in [-0.39, 0.29) is 21.7 Å². The summed E-state index contributed by atoms with van der Waals surface area (Å²) < 4.78 is 32.5. The van der Waals surface area contributed by atoms with Crippen LogP contribution in [0.25, 0.3) is 6.08 Å². The monoisotopic (exact) mass is 452 g/mol. The maximum absolute atomic E-state index is 12.2. The lowest BCUT2D eigenvalue weighted by Crippen LogP contribution is -2.26. The molecule has 3 rings (SSSR count). The summed E-state index contributed by atoms with van der Waals surface area (Å²) in [6.07, 6.45) is 2.09. The zero-order chi connectivity index (χ0) is 20.9. The van der Waals surface area contributed by atoms with Crippen LogP contribution in [-0.4, -0.2) is 32.7 Å². The maximum Gasteiger partial charge on any atom is 0.290 e. The van der Waals surface area contributed by atoms with Crippen molar-refractivity contribution in [2.24, 2.45) is 0 Å². The number of nitrogens with one attached hydrogen (secondary N) is 2. The first kappa shape index (κ1) is 21.4. The average molecular weight is 453 g/mol. The van der Waals surface area contributed by atoms with Gasteiger partial charge >= 0.3 is 0 Å². The number of amides is 2. The minimum absolute atomic E-state index is 0.0445. The van der Waals surface area contributed by atoms with E-state index in [1.165, 1.54) is 12.1 Å². The summed E-state index contributed by atoms with van der Waals surface area (Å²) in [6, 6.07) is 13.2. The van der Waals surface area contributed by atoms with E-state index in [0.29, 0.717) is 23.7 Å². The summed E-state index contributed by atoms with van der Waals surface area (Å²) in [5.74, 6) is 0.209. The van der Waals surface area contributed by atoms with E-state index >= 15 is 0 Å². The van der Waals surface area contributed by atoms with Crippen molar-refractivity contribution in [3.8, 4) is 5.75 Å². The number of carbonyl (C=O) groups is 2. The van der Waals surface area contributed by atoms with E-state index in [1.807, 2.05) is 0 Å². The second kappa shape index (κ2) is 9.45. The highest BCUT2D eigenvalue weighted by atomic mass is 35.5. The van der Waals surface area contributed by atoms with E-state index in [0.717, 1.165) is 17.3 Å². The number of hydrogen-bond donors (Lipinski definition) is 2. The molecule has 0 saturated carbocycles. The topological polar surface area (TPSA) is 102 Å². The van der Waals surface area contributed by atoms with Crippen molar-refractivity contribution < 1.29 is 22.7 Å². The Morgan fingerprint density at radius 2 is 1.83 bits per heavy atom. The van der Waals surface area contributed by atoms with Gasteiger partial charge in [-0.15, -0.1) is 0 Å². The van der Waals surface area contributed by atoms with Gasteiger partial charge in [0.1, 0.15) is 10.6 Å². The molecular formula is C19H17ClN2O5S2. The fourth-order valence-corrected chi connectivity index (χ4v) is 4.72. The van der Waals surface area contributed by atoms with Crippen molar-refractivity contribution in [3.05, 3.63) is 64.0 Å². The number of sulfonamides is 1. The van der Waals surface area contributed by atoms with Gasteiger partial charge in [0, 0.05) is 6.54 Å².